The lowest BCUT2D eigenvalue weighted by Gasteiger charge is -2.29. The summed E-state index contributed by atoms with van der Waals surface area (Å²) >= 11 is 11.7. The van der Waals surface area contributed by atoms with Gasteiger partial charge in [-0.2, -0.15) is 0 Å². The summed E-state index contributed by atoms with van der Waals surface area (Å²) in [6.07, 6.45) is 0. The van der Waals surface area contributed by atoms with Crippen molar-refractivity contribution in [2.24, 2.45) is 0 Å². The normalized spacial score (nSPS) is 13.6. The van der Waals surface area contributed by atoms with E-state index in [2.05, 4.69) is 24.4 Å². The number of alkyl halides is 1. The highest BCUT2D eigenvalue weighted by Gasteiger charge is 2.30. The average molecular weight is 290 g/mol. The van der Waals surface area contributed by atoms with Gasteiger partial charge in [0.2, 0.25) is 0 Å². The molecule has 2 aromatic carbocycles. The minimum absolute atomic E-state index is 0.367. The molecule has 98 valence electrons. The van der Waals surface area contributed by atoms with Crippen molar-refractivity contribution in [3.63, 3.8) is 0 Å². The van der Waals surface area contributed by atoms with E-state index in [0.29, 0.717) is 5.88 Å². The summed E-state index contributed by atoms with van der Waals surface area (Å²) in [5, 5.41) is 3.28. The molecule has 2 aromatic rings. The van der Waals surface area contributed by atoms with Gasteiger partial charge in [0.25, 0.3) is 0 Å². The second-order valence-electron chi connectivity index (χ2n) is 4.65. The molecule has 0 amide bonds. The van der Waals surface area contributed by atoms with E-state index in [0.717, 1.165) is 16.2 Å². The van der Waals surface area contributed by atoms with E-state index in [9.17, 15) is 0 Å². The second-order valence-corrected chi connectivity index (χ2v) is 5.33. The van der Waals surface area contributed by atoms with Crippen molar-refractivity contribution in [1.82, 2.24) is 0 Å². The van der Waals surface area contributed by atoms with Gasteiger partial charge in [-0.15, -0.1) is 11.6 Å². The van der Waals surface area contributed by atoms with Crippen LogP contribution >= 0.6 is 23.8 Å². The van der Waals surface area contributed by atoms with Crippen molar-refractivity contribution >= 4 is 34.5 Å². The summed E-state index contributed by atoms with van der Waals surface area (Å²) < 4.78 is 0. The van der Waals surface area contributed by atoms with Crippen LogP contribution in [0.1, 0.15) is 12.5 Å². The van der Waals surface area contributed by atoms with E-state index in [4.69, 9.17) is 23.8 Å². The van der Waals surface area contributed by atoms with Crippen LogP contribution in [0.2, 0.25) is 0 Å². The molecular weight excluding hydrogens is 274 g/mol. The SMILES string of the molecule is CC(CCl)(C(=S)Nc1ccccc1)c1ccccc1. The van der Waals surface area contributed by atoms with Gasteiger partial charge in [0.1, 0.15) is 0 Å². The Kier molecular flexibility index (Phi) is 4.56. The lowest BCUT2D eigenvalue weighted by Crippen LogP contribution is -2.38. The molecule has 0 aliphatic carbocycles. The molecule has 19 heavy (non-hydrogen) atoms. The number of hydrogen-bond donors (Lipinski definition) is 1. The summed E-state index contributed by atoms with van der Waals surface area (Å²) in [4.78, 5) is 0.736. The molecule has 0 spiro atoms. The Balaban J connectivity index is 2.24. The molecule has 0 bridgehead atoms. The van der Waals surface area contributed by atoms with Crippen molar-refractivity contribution in [3.8, 4) is 0 Å². The highest BCUT2D eigenvalue weighted by molar-refractivity contribution is 7.80. The molecule has 0 aliphatic heterocycles. The number of anilines is 1. The van der Waals surface area contributed by atoms with E-state index >= 15 is 0 Å². The third-order valence-corrected chi connectivity index (χ3v) is 4.30. The molecular formula is C16H16ClNS. The zero-order valence-electron chi connectivity index (χ0n) is 10.8. The van der Waals surface area contributed by atoms with Gasteiger partial charge in [-0.3, -0.25) is 0 Å². The lowest BCUT2D eigenvalue weighted by atomic mass is 9.84. The summed E-state index contributed by atoms with van der Waals surface area (Å²) in [6.45, 7) is 2.06. The van der Waals surface area contributed by atoms with Gasteiger partial charge in [-0.05, 0) is 24.6 Å². The van der Waals surface area contributed by atoms with E-state index in [1.807, 2.05) is 48.5 Å². The lowest BCUT2D eigenvalue weighted by molar-refractivity contribution is 0.736. The molecule has 3 heteroatoms. The Hall–Kier alpha value is -1.38. The maximum absolute atomic E-state index is 6.18. The van der Waals surface area contributed by atoms with Gasteiger partial charge in [-0.25, -0.2) is 0 Å². The third kappa shape index (κ3) is 3.14. The van der Waals surface area contributed by atoms with Crippen molar-refractivity contribution in [3.05, 3.63) is 66.2 Å². The van der Waals surface area contributed by atoms with Crippen LogP contribution in [-0.2, 0) is 5.41 Å². The molecule has 0 saturated heterocycles. The van der Waals surface area contributed by atoms with Crippen LogP contribution in [-0.4, -0.2) is 10.9 Å². The van der Waals surface area contributed by atoms with E-state index < -0.39 is 0 Å². The minimum Gasteiger partial charge on any atom is -0.349 e. The molecule has 0 heterocycles. The number of halogens is 1. The van der Waals surface area contributed by atoms with Crippen molar-refractivity contribution in [2.45, 2.75) is 12.3 Å². The fourth-order valence-corrected chi connectivity index (χ4v) is 2.54. The smallest absolute Gasteiger partial charge is 0.0913 e. The predicted molar refractivity (Wildman–Crippen MR) is 87.2 cm³/mol. The van der Waals surface area contributed by atoms with Crippen LogP contribution in [0.15, 0.2) is 60.7 Å². The fraction of sp³-hybridized carbons (Fsp3) is 0.188. The van der Waals surface area contributed by atoms with Crippen molar-refractivity contribution in [1.29, 1.82) is 0 Å². The number of para-hydroxylation sites is 1. The molecule has 1 N–H and O–H groups in total. The van der Waals surface area contributed by atoms with Gasteiger partial charge in [0.05, 0.1) is 10.4 Å². The van der Waals surface area contributed by atoms with Crippen LogP contribution in [0.25, 0.3) is 0 Å². The van der Waals surface area contributed by atoms with Gasteiger partial charge in [0.15, 0.2) is 0 Å². The monoisotopic (exact) mass is 289 g/mol. The molecule has 0 aliphatic rings. The van der Waals surface area contributed by atoms with Crippen LogP contribution < -0.4 is 5.32 Å². The molecule has 0 fully saturated rings. The van der Waals surface area contributed by atoms with Crippen LogP contribution in [0.5, 0.6) is 0 Å². The number of thiocarbonyl (C=S) groups is 1. The van der Waals surface area contributed by atoms with Crippen molar-refractivity contribution in [2.75, 3.05) is 11.2 Å². The Morgan fingerprint density at radius 1 is 1.05 bits per heavy atom. The Bertz CT molecular complexity index is 541. The van der Waals surface area contributed by atoms with Gasteiger partial charge >= 0.3 is 0 Å². The van der Waals surface area contributed by atoms with Gasteiger partial charge in [-0.1, -0.05) is 60.7 Å². The molecule has 0 saturated carbocycles. The highest BCUT2D eigenvalue weighted by atomic mass is 35.5. The van der Waals surface area contributed by atoms with E-state index in [1.165, 1.54) is 0 Å². The summed E-state index contributed by atoms with van der Waals surface area (Å²) in [5.41, 5.74) is 1.74. The average Bonchev–Trinajstić information content (AvgIpc) is 2.48. The summed E-state index contributed by atoms with van der Waals surface area (Å²) in [6, 6.07) is 20.0. The molecule has 0 radical (unpaired) electrons. The maximum Gasteiger partial charge on any atom is 0.0913 e. The Morgan fingerprint density at radius 3 is 2.11 bits per heavy atom. The number of benzene rings is 2. The predicted octanol–water partition coefficient (Wildman–Crippen LogP) is 4.62. The largest absolute Gasteiger partial charge is 0.349 e. The molecule has 0 aromatic heterocycles. The first kappa shape index (κ1) is 14.0. The Labute approximate surface area is 124 Å². The summed E-state index contributed by atoms with van der Waals surface area (Å²) in [7, 11) is 0. The third-order valence-electron chi connectivity index (χ3n) is 3.21. The highest BCUT2D eigenvalue weighted by Crippen LogP contribution is 2.28. The molecule has 1 atom stereocenters. The van der Waals surface area contributed by atoms with E-state index in [-0.39, 0.29) is 5.41 Å². The first-order valence-electron chi connectivity index (χ1n) is 6.15. The van der Waals surface area contributed by atoms with Crippen LogP contribution in [0.4, 0.5) is 5.69 Å². The van der Waals surface area contributed by atoms with Gasteiger partial charge < -0.3 is 5.32 Å². The Morgan fingerprint density at radius 2 is 1.58 bits per heavy atom. The zero-order chi connectivity index (χ0) is 13.7. The topological polar surface area (TPSA) is 12.0 Å². The molecule has 1 unspecified atom stereocenters. The first-order chi connectivity index (χ1) is 9.16. The zero-order valence-corrected chi connectivity index (χ0v) is 12.3. The molecule has 1 nitrogen and oxygen atoms in total. The standard InChI is InChI=1S/C16H16ClNS/c1-16(12-17,13-8-4-2-5-9-13)15(19)18-14-10-6-3-7-11-14/h2-11H,12H2,1H3,(H,18,19). The fourth-order valence-electron chi connectivity index (χ4n) is 1.87. The van der Waals surface area contributed by atoms with E-state index in [1.54, 1.807) is 0 Å². The second kappa shape index (κ2) is 6.18. The van der Waals surface area contributed by atoms with Crippen LogP contribution in [0, 0.1) is 0 Å². The van der Waals surface area contributed by atoms with Crippen LogP contribution in [0.3, 0.4) is 0 Å². The number of hydrogen-bond acceptors (Lipinski definition) is 1. The quantitative estimate of drug-likeness (QED) is 0.651. The van der Waals surface area contributed by atoms with Gasteiger partial charge in [0, 0.05) is 11.6 Å². The molecule has 2 rings (SSSR count). The first-order valence-corrected chi connectivity index (χ1v) is 7.09. The number of rotatable bonds is 4. The van der Waals surface area contributed by atoms with Crippen molar-refractivity contribution < 1.29 is 0 Å². The maximum atomic E-state index is 6.18. The summed E-state index contributed by atoms with van der Waals surface area (Å²) in [5.74, 6) is 0.440. The minimum atomic E-state index is -0.367. The number of nitrogens with one attached hydrogen (secondary N) is 1.